The summed E-state index contributed by atoms with van der Waals surface area (Å²) in [5.41, 5.74) is 3.62. The first-order valence-electron chi connectivity index (χ1n) is 7.19. The maximum atomic E-state index is 3.38. The van der Waals surface area contributed by atoms with Crippen molar-refractivity contribution in [1.29, 1.82) is 0 Å². The van der Waals surface area contributed by atoms with Gasteiger partial charge in [0.2, 0.25) is 0 Å². The van der Waals surface area contributed by atoms with Crippen LogP contribution in [0, 0.1) is 5.92 Å². The van der Waals surface area contributed by atoms with E-state index in [0.717, 1.165) is 12.5 Å². The van der Waals surface area contributed by atoms with Gasteiger partial charge in [-0.3, -0.25) is 0 Å². The molecule has 1 aliphatic carbocycles. The first-order valence-corrected chi connectivity index (χ1v) is 7.19. The lowest BCUT2D eigenvalue weighted by Crippen LogP contribution is -2.26. The fraction of sp³-hybridized carbons (Fsp3) is 0.647. The van der Waals surface area contributed by atoms with Crippen molar-refractivity contribution in [2.45, 2.75) is 51.4 Å². The zero-order chi connectivity index (χ0) is 13.4. The summed E-state index contributed by atoms with van der Waals surface area (Å²) in [5, 5.41) is 3.38. The van der Waals surface area contributed by atoms with E-state index in [4.69, 9.17) is 0 Å². The molecule has 1 fully saturated rings. The van der Waals surface area contributed by atoms with Crippen LogP contribution in [-0.4, -0.2) is 13.6 Å². The minimum Gasteiger partial charge on any atom is -0.319 e. The molecule has 2 atom stereocenters. The van der Waals surface area contributed by atoms with Gasteiger partial charge >= 0.3 is 0 Å². The largest absolute Gasteiger partial charge is 0.319 e. The number of rotatable bonds is 4. The van der Waals surface area contributed by atoms with Gasteiger partial charge in [-0.15, -0.1) is 0 Å². The van der Waals surface area contributed by atoms with Crippen molar-refractivity contribution in [3.05, 3.63) is 35.4 Å². The summed E-state index contributed by atoms with van der Waals surface area (Å²) in [4.78, 5) is 0. The molecule has 2 rings (SSSR count). The Balaban J connectivity index is 2.24. The lowest BCUT2D eigenvalue weighted by Gasteiger charge is -2.22. The minimum atomic E-state index is 0.252. The molecule has 0 saturated heterocycles. The summed E-state index contributed by atoms with van der Waals surface area (Å²) in [7, 11) is 2.07. The number of hydrogen-bond donors (Lipinski definition) is 1. The maximum Gasteiger partial charge on any atom is 0.0109 e. The van der Waals surface area contributed by atoms with E-state index in [1.165, 1.54) is 24.0 Å². The molecule has 0 heterocycles. The van der Waals surface area contributed by atoms with Crippen LogP contribution in [0.5, 0.6) is 0 Å². The Morgan fingerprint density at radius 3 is 2.22 bits per heavy atom. The topological polar surface area (TPSA) is 12.0 Å². The molecule has 0 radical (unpaired) electrons. The smallest absolute Gasteiger partial charge is 0.0109 e. The summed E-state index contributed by atoms with van der Waals surface area (Å²) in [5.74, 6) is 0.866. The third-order valence-electron chi connectivity index (χ3n) is 4.54. The van der Waals surface area contributed by atoms with Gasteiger partial charge in [-0.2, -0.15) is 0 Å². The molecule has 18 heavy (non-hydrogen) atoms. The van der Waals surface area contributed by atoms with Crippen molar-refractivity contribution in [1.82, 2.24) is 5.32 Å². The Kier molecular flexibility index (Phi) is 3.55. The highest BCUT2D eigenvalue weighted by Crippen LogP contribution is 2.55. The predicted octanol–water partition coefficient (Wildman–Crippen LogP) is 3.87. The van der Waals surface area contributed by atoms with Gasteiger partial charge in [0.15, 0.2) is 0 Å². The molecule has 1 N–H and O–H groups in total. The van der Waals surface area contributed by atoms with E-state index in [9.17, 15) is 0 Å². The van der Waals surface area contributed by atoms with Gasteiger partial charge in [-0.1, -0.05) is 58.4 Å². The van der Waals surface area contributed by atoms with Crippen LogP contribution >= 0.6 is 0 Å². The van der Waals surface area contributed by atoms with Crippen molar-refractivity contribution in [2.24, 2.45) is 5.92 Å². The summed E-state index contributed by atoms with van der Waals surface area (Å²) < 4.78 is 0. The quantitative estimate of drug-likeness (QED) is 0.849. The third-order valence-corrected chi connectivity index (χ3v) is 4.54. The van der Waals surface area contributed by atoms with Crippen LogP contribution in [0.2, 0.25) is 0 Å². The molecule has 0 amide bonds. The highest BCUT2D eigenvalue weighted by molar-refractivity contribution is 5.38. The van der Waals surface area contributed by atoms with Gasteiger partial charge in [0.1, 0.15) is 0 Å². The second kappa shape index (κ2) is 4.70. The average molecular weight is 245 g/mol. The molecule has 0 bridgehead atoms. The Labute approximate surface area is 112 Å². The number of benzene rings is 1. The molecule has 1 heteroatoms. The fourth-order valence-corrected chi connectivity index (χ4v) is 3.21. The standard InChI is InChI=1S/C17H27N/c1-6-13-11-17(13,12-18-5)15-9-7-14(8-10-15)16(2,3)4/h7-10,13,18H,6,11-12H2,1-5H3. The number of nitrogens with one attached hydrogen (secondary N) is 1. The third kappa shape index (κ3) is 2.33. The SMILES string of the molecule is CCC1CC1(CNC)c1ccc(C(C)(C)C)cc1. The molecule has 1 aliphatic rings. The molecule has 100 valence electrons. The first-order chi connectivity index (χ1) is 8.44. The van der Waals surface area contributed by atoms with Crippen molar-refractivity contribution < 1.29 is 0 Å². The van der Waals surface area contributed by atoms with Gasteiger partial charge in [0.25, 0.3) is 0 Å². The van der Waals surface area contributed by atoms with E-state index >= 15 is 0 Å². The van der Waals surface area contributed by atoms with E-state index < -0.39 is 0 Å². The average Bonchev–Trinajstić information content (AvgIpc) is 3.04. The van der Waals surface area contributed by atoms with Crippen molar-refractivity contribution in [2.75, 3.05) is 13.6 Å². The summed E-state index contributed by atoms with van der Waals surface area (Å²) in [6.07, 6.45) is 2.64. The minimum absolute atomic E-state index is 0.252. The Morgan fingerprint density at radius 1 is 1.22 bits per heavy atom. The van der Waals surface area contributed by atoms with Gasteiger partial charge < -0.3 is 5.32 Å². The van der Waals surface area contributed by atoms with Crippen LogP contribution < -0.4 is 5.32 Å². The van der Waals surface area contributed by atoms with Crippen LogP contribution in [0.4, 0.5) is 0 Å². The molecule has 1 aromatic rings. The number of likely N-dealkylation sites (N-methyl/N-ethyl adjacent to an activating group) is 1. The van der Waals surface area contributed by atoms with Crippen LogP contribution in [0.1, 0.15) is 51.7 Å². The number of hydrogen-bond acceptors (Lipinski definition) is 1. The van der Waals surface area contributed by atoms with Crippen molar-refractivity contribution in [3.63, 3.8) is 0 Å². The van der Waals surface area contributed by atoms with E-state index in [1.54, 1.807) is 0 Å². The molecule has 0 aliphatic heterocycles. The van der Waals surface area contributed by atoms with E-state index in [-0.39, 0.29) is 5.41 Å². The van der Waals surface area contributed by atoms with Crippen molar-refractivity contribution >= 4 is 0 Å². The van der Waals surface area contributed by atoms with Gasteiger partial charge in [-0.05, 0) is 35.9 Å². The predicted molar refractivity (Wildman–Crippen MR) is 79.1 cm³/mol. The molecular formula is C17H27N. The van der Waals surface area contributed by atoms with Crippen LogP contribution in [0.3, 0.4) is 0 Å². The molecule has 1 saturated carbocycles. The van der Waals surface area contributed by atoms with Gasteiger partial charge in [-0.25, -0.2) is 0 Å². The Morgan fingerprint density at radius 2 is 1.83 bits per heavy atom. The van der Waals surface area contributed by atoms with Gasteiger partial charge in [0, 0.05) is 12.0 Å². The van der Waals surface area contributed by atoms with Crippen LogP contribution in [0.15, 0.2) is 24.3 Å². The van der Waals surface area contributed by atoms with Gasteiger partial charge in [0.05, 0.1) is 0 Å². The molecular weight excluding hydrogens is 218 g/mol. The second-order valence-corrected chi connectivity index (χ2v) is 6.82. The second-order valence-electron chi connectivity index (χ2n) is 6.82. The molecule has 0 aromatic heterocycles. The zero-order valence-corrected chi connectivity index (χ0v) is 12.5. The summed E-state index contributed by atoms with van der Waals surface area (Å²) in [6.45, 7) is 10.2. The van der Waals surface area contributed by atoms with E-state index in [2.05, 4.69) is 64.3 Å². The van der Waals surface area contributed by atoms with Crippen molar-refractivity contribution in [3.8, 4) is 0 Å². The normalized spacial score (nSPS) is 27.3. The fourth-order valence-electron chi connectivity index (χ4n) is 3.21. The Bertz CT molecular complexity index is 399. The molecule has 2 unspecified atom stereocenters. The van der Waals surface area contributed by atoms with Crippen LogP contribution in [-0.2, 0) is 10.8 Å². The first kappa shape index (κ1) is 13.6. The van der Waals surface area contributed by atoms with E-state index in [0.29, 0.717) is 5.41 Å². The zero-order valence-electron chi connectivity index (χ0n) is 12.5. The molecule has 0 spiro atoms. The Hall–Kier alpha value is -0.820. The van der Waals surface area contributed by atoms with Crippen LogP contribution in [0.25, 0.3) is 0 Å². The molecule has 1 aromatic carbocycles. The lowest BCUT2D eigenvalue weighted by molar-refractivity contribution is 0.551. The van der Waals surface area contributed by atoms with E-state index in [1.807, 2.05) is 0 Å². The lowest BCUT2D eigenvalue weighted by atomic mass is 9.84. The summed E-state index contributed by atoms with van der Waals surface area (Å²) >= 11 is 0. The monoisotopic (exact) mass is 245 g/mol. The highest BCUT2D eigenvalue weighted by Gasteiger charge is 2.53. The highest BCUT2D eigenvalue weighted by atomic mass is 14.9. The summed E-state index contributed by atoms with van der Waals surface area (Å²) in [6, 6.07) is 9.34. The maximum absolute atomic E-state index is 3.38. The molecule has 1 nitrogen and oxygen atoms in total.